The van der Waals surface area contributed by atoms with E-state index in [1.807, 2.05) is 0 Å². The van der Waals surface area contributed by atoms with Crippen molar-refractivity contribution < 1.29 is 9.18 Å². The van der Waals surface area contributed by atoms with Crippen LogP contribution in [0.2, 0.25) is 0 Å². The van der Waals surface area contributed by atoms with Crippen LogP contribution in [0.15, 0.2) is 18.2 Å². The molecule has 0 aromatic heterocycles. The molecule has 1 amide bonds. The van der Waals surface area contributed by atoms with Gasteiger partial charge in [-0.25, -0.2) is 4.39 Å². The summed E-state index contributed by atoms with van der Waals surface area (Å²) in [5.74, 6) is -0.531. The van der Waals surface area contributed by atoms with Crippen LogP contribution in [0.1, 0.15) is 18.4 Å². The summed E-state index contributed by atoms with van der Waals surface area (Å²) in [6.07, 6.45) is 1.81. The lowest BCUT2D eigenvalue weighted by atomic mass is 10.1. The van der Waals surface area contributed by atoms with Crippen molar-refractivity contribution in [3.63, 3.8) is 0 Å². The van der Waals surface area contributed by atoms with Gasteiger partial charge in [0.2, 0.25) is 5.91 Å². The van der Waals surface area contributed by atoms with Crippen LogP contribution in [0, 0.1) is 12.7 Å². The van der Waals surface area contributed by atoms with E-state index in [1.54, 1.807) is 19.1 Å². The van der Waals surface area contributed by atoms with Gasteiger partial charge in [0.1, 0.15) is 5.82 Å². The highest BCUT2D eigenvalue weighted by atomic mass is 19.1. The third-order valence-corrected chi connectivity index (χ3v) is 2.85. The molecule has 1 aromatic carbocycles. The number of hydrogen-bond acceptors (Lipinski definition) is 2. The molecule has 0 saturated carbocycles. The van der Waals surface area contributed by atoms with E-state index < -0.39 is 0 Å². The first kappa shape index (κ1) is 11.1. The third kappa shape index (κ3) is 2.22. The molecule has 3 nitrogen and oxygen atoms in total. The number of aryl methyl sites for hydroxylation is 1. The number of carbonyl (C=O) groups excluding carboxylic acids is 1. The maximum atomic E-state index is 13.5. The van der Waals surface area contributed by atoms with Gasteiger partial charge in [0, 0.05) is 0 Å². The monoisotopic (exact) mass is 222 g/mol. The van der Waals surface area contributed by atoms with Gasteiger partial charge in [0.25, 0.3) is 0 Å². The van der Waals surface area contributed by atoms with E-state index in [-0.39, 0.29) is 17.8 Å². The zero-order chi connectivity index (χ0) is 11.5. The Morgan fingerprint density at radius 1 is 1.56 bits per heavy atom. The Labute approximate surface area is 94.0 Å². The second kappa shape index (κ2) is 4.61. The molecule has 0 radical (unpaired) electrons. The molecule has 86 valence electrons. The number of anilines is 1. The molecule has 1 aliphatic rings. The molecule has 2 rings (SSSR count). The van der Waals surface area contributed by atoms with Gasteiger partial charge in [-0.2, -0.15) is 0 Å². The van der Waals surface area contributed by atoms with Gasteiger partial charge in [0.05, 0.1) is 11.7 Å². The van der Waals surface area contributed by atoms with Crippen molar-refractivity contribution in [1.82, 2.24) is 5.32 Å². The summed E-state index contributed by atoms with van der Waals surface area (Å²) in [6.45, 7) is 2.63. The standard InChI is InChI=1S/C12H15FN2O/c1-8-4-2-5-9(13)11(8)15-12(16)10-6-3-7-14-10/h2,4-5,10,14H,3,6-7H2,1H3,(H,15,16)/t10-/m1/s1. The van der Waals surface area contributed by atoms with Crippen molar-refractivity contribution >= 4 is 11.6 Å². The van der Waals surface area contributed by atoms with Crippen molar-refractivity contribution in [1.29, 1.82) is 0 Å². The van der Waals surface area contributed by atoms with Gasteiger partial charge in [0.15, 0.2) is 0 Å². The van der Waals surface area contributed by atoms with E-state index in [4.69, 9.17) is 0 Å². The predicted octanol–water partition coefficient (Wildman–Crippen LogP) is 1.82. The molecule has 1 aliphatic heterocycles. The van der Waals surface area contributed by atoms with Crippen molar-refractivity contribution in [2.45, 2.75) is 25.8 Å². The minimum Gasteiger partial charge on any atom is -0.322 e. The summed E-state index contributed by atoms with van der Waals surface area (Å²) < 4.78 is 13.5. The molecule has 16 heavy (non-hydrogen) atoms. The number of amides is 1. The Kier molecular flexibility index (Phi) is 3.19. The molecule has 1 aromatic rings. The van der Waals surface area contributed by atoms with Crippen molar-refractivity contribution in [3.8, 4) is 0 Å². The number of carbonyl (C=O) groups is 1. The van der Waals surface area contributed by atoms with Crippen LogP contribution in [0.3, 0.4) is 0 Å². The molecule has 0 unspecified atom stereocenters. The van der Waals surface area contributed by atoms with Gasteiger partial charge >= 0.3 is 0 Å². The quantitative estimate of drug-likeness (QED) is 0.801. The van der Waals surface area contributed by atoms with E-state index in [1.165, 1.54) is 6.07 Å². The minimum absolute atomic E-state index is 0.147. The van der Waals surface area contributed by atoms with Gasteiger partial charge in [-0.05, 0) is 37.9 Å². The zero-order valence-corrected chi connectivity index (χ0v) is 9.22. The number of para-hydroxylation sites is 1. The van der Waals surface area contributed by atoms with E-state index in [0.717, 1.165) is 24.9 Å². The fourth-order valence-electron chi connectivity index (χ4n) is 1.91. The van der Waals surface area contributed by atoms with Crippen LogP contribution in [0.5, 0.6) is 0 Å². The topological polar surface area (TPSA) is 41.1 Å². The molecule has 1 atom stereocenters. The molecule has 0 bridgehead atoms. The van der Waals surface area contributed by atoms with Crippen molar-refractivity contribution in [2.75, 3.05) is 11.9 Å². The first-order valence-electron chi connectivity index (χ1n) is 5.48. The van der Waals surface area contributed by atoms with Gasteiger partial charge in [-0.3, -0.25) is 4.79 Å². The average molecular weight is 222 g/mol. The second-order valence-electron chi connectivity index (χ2n) is 4.07. The Hall–Kier alpha value is -1.42. The number of nitrogens with one attached hydrogen (secondary N) is 2. The van der Waals surface area contributed by atoms with Crippen molar-refractivity contribution in [3.05, 3.63) is 29.6 Å². The zero-order valence-electron chi connectivity index (χ0n) is 9.22. The van der Waals surface area contributed by atoms with Crippen LogP contribution in [-0.4, -0.2) is 18.5 Å². The van der Waals surface area contributed by atoms with E-state index in [0.29, 0.717) is 5.69 Å². The SMILES string of the molecule is Cc1cccc(F)c1NC(=O)[C@H]1CCCN1. The van der Waals surface area contributed by atoms with Crippen LogP contribution >= 0.6 is 0 Å². The lowest BCUT2D eigenvalue weighted by Gasteiger charge is -2.13. The fourth-order valence-corrected chi connectivity index (χ4v) is 1.91. The van der Waals surface area contributed by atoms with Crippen LogP contribution < -0.4 is 10.6 Å². The molecule has 1 heterocycles. The molecular weight excluding hydrogens is 207 g/mol. The van der Waals surface area contributed by atoms with E-state index in [2.05, 4.69) is 10.6 Å². The molecular formula is C12H15FN2O. The Bertz CT molecular complexity index is 380. The second-order valence-corrected chi connectivity index (χ2v) is 4.07. The first-order chi connectivity index (χ1) is 7.68. The highest BCUT2D eigenvalue weighted by molar-refractivity contribution is 5.95. The van der Waals surface area contributed by atoms with Gasteiger partial charge < -0.3 is 10.6 Å². The summed E-state index contributed by atoms with van der Waals surface area (Å²) in [6, 6.07) is 4.58. The predicted molar refractivity (Wildman–Crippen MR) is 60.8 cm³/mol. The summed E-state index contributed by atoms with van der Waals surface area (Å²) in [4.78, 5) is 11.8. The summed E-state index contributed by atoms with van der Waals surface area (Å²) in [5, 5.41) is 5.73. The van der Waals surface area contributed by atoms with Gasteiger partial charge in [-0.1, -0.05) is 12.1 Å². The minimum atomic E-state index is -0.383. The smallest absolute Gasteiger partial charge is 0.241 e. The maximum absolute atomic E-state index is 13.5. The highest BCUT2D eigenvalue weighted by Crippen LogP contribution is 2.19. The van der Waals surface area contributed by atoms with E-state index >= 15 is 0 Å². The molecule has 4 heteroatoms. The van der Waals surface area contributed by atoms with E-state index in [9.17, 15) is 9.18 Å². The summed E-state index contributed by atoms with van der Waals surface area (Å²) in [5.41, 5.74) is 1.03. The fraction of sp³-hybridized carbons (Fsp3) is 0.417. The Morgan fingerprint density at radius 3 is 3.00 bits per heavy atom. The average Bonchev–Trinajstić information content (AvgIpc) is 2.76. The molecule has 1 saturated heterocycles. The summed E-state index contributed by atoms with van der Waals surface area (Å²) in [7, 11) is 0. The summed E-state index contributed by atoms with van der Waals surface area (Å²) >= 11 is 0. The normalized spacial score (nSPS) is 19.8. The molecule has 2 N–H and O–H groups in total. The lowest BCUT2D eigenvalue weighted by molar-refractivity contribution is -0.117. The van der Waals surface area contributed by atoms with Gasteiger partial charge in [-0.15, -0.1) is 0 Å². The lowest BCUT2D eigenvalue weighted by Crippen LogP contribution is -2.35. The van der Waals surface area contributed by atoms with Crippen molar-refractivity contribution in [2.24, 2.45) is 0 Å². The van der Waals surface area contributed by atoms with Crippen LogP contribution in [0.25, 0.3) is 0 Å². The van der Waals surface area contributed by atoms with Crippen LogP contribution in [0.4, 0.5) is 10.1 Å². The molecule has 0 spiro atoms. The number of halogens is 1. The largest absolute Gasteiger partial charge is 0.322 e. The number of rotatable bonds is 2. The molecule has 1 fully saturated rings. The Balaban J connectivity index is 2.11. The Morgan fingerprint density at radius 2 is 2.38 bits per heavy atom. The first-order valence-corrected chi connectivity index (χ1v) is 5.48. The third-order valence-electron chi connectivity index (χ3n) is 2.85. The number of hydrogen-bond donors (Lipinski definition) is 2. The molecule has 0 aliphatic carbocycles. The number of benzene rings is 1. The maximum Gasteiger partial charge on any atom is 0.241 e. The highest BCUT2D eigenvalue weighted by Gasteiger charge is 2.23. The van der Waals surface area contributed by atoms with Crippen LogP contribution in [-0.2, 0) is 4.79 Å².